The zero-order valence-corrected chi connectivity index (χ0v) is 11.8. The zero-order chi connectivity index (χ0) is 13.1. The van der Waals surface area contributed by atoms with Crippen LogP contribution in [0.5, 0.6) is 0 Å². The van der Waals surface area contributed by atoms with E-state index in [0.717, 1.165) is 19.4 Å². The predicted octanol–water partition coefficient (Wildman–Crippen LogP) is 2.45. The Kier molecular flexibility index (Phi) is 4.59. The van der Waals surface area contributed by atoms with Crippen molar-refractivity contribution in [2.45, 2.75) is 65.3 Å². The van der Waals surface area contributed by atoms with Crippen LogP contribution in [0.15, 0.2) is 0 Å². The van der Waals surface area contributed by atoms with Crippen LogP contribution in [0.1, 0.15) is 59.8 Å². The molecule has 0 radical (unpaired) electrons. The van der Waals surface area contributed by atoms with Crippen molar-refractivity contribution in [1.29, 1.82) is 0 Å². The van der Waals surface area contributed by atoms with Crippen molar-refractivity contribution in [2.75, 3.05) is 6.54 Å². The van der Waals surface area contributed by atoms with Crippen molar-refractivity contribution in [3.63, 3.8) is 0 Å². The Balaban J connectivity index is 2.30. The van der Waals surface area contributed by atoms with Gasteiger partial charge < -0.3 is 11.1 Å². The molecule has 1 fully saturated rings. The smallest absolute Gasteiger partial charge is 0.221 e. The van der Waals surface area contributed by atoms with Gasteiger partial charge in [-0.3, -0.25) is 4.79 Å². The van der Waals surface area contributed by atoms with E-state index in [1.165, 1.54) is 12.8 Å². The predicted molar refractivity (Wildman–Crippen MR) is 71.6 cm³/mol. The first-order valence-electron chi connectivity index (χ1n) is 6.78. The van der Waals surface area contributed by atoms with Gasteiger partial charge in [-0.1, -0.05) is 40.5 Å². The molecule has 100 valence electrons. The highest BCUT2D eigenvalue weighted by molar-refractivity contribution is 5.77. The average Bonchev–Trinajstić information content (AvgIpc) is 2.59. The minimum atomic E-state index is -0.227. The van der Waals surface area contributed by atoms with E-state index in [2.05, 4.69) is 33.0 Å². The van der Waals surface area contributed by atoms with Gasteiger partial charge in [-0.05, 0) is 24.2 Å². The largest absolute Gasteiger partial charge is 0.356 e. The summed E-state index contributed by atoms with van der Waals surface area (Å²) >= 11 is 0. The molecule has 3 nitrogen and oxygen atoms in total. The summed E-state index contributed by atoms with van der Waals surface area (Å²) in [4.78, 5) is 11.8. The molecule has 0 bridgehead atoms. The molecule has 1 atom stereocenters. The van der Waals surface area contributed by atoms with Gasteiger partial charge in [0.05, 0.1) is 0 Å². The lowest BCUT2D eigenvalue weighted by atomic mass is 9.82. The van der Waals surface area contributed by atoms with Gasteiger partial charge in [0, 0.05) is 18.5 Å². The molecule has 1 unspecified atom stereocenters. The molecule has 0 saturated heterocycles. The summed E-state index contributed by atoms with van der Waals surface area (Å²) < 4.78 is 0. The van der Waals surface area contributed by atoms with Gasteiger partial charge in [-0.2, -0.15) is 0 Å². The first kappa shape index (κ1) is 14.5. The van der Waals surface area contributed by atoms with Crippen LogP contribution in [-0.4, -0.2) is 18.0 Å². The molecule has 1 aliphatic carbocycles. The molecule has 0 aromatic carbocycles. The Morgan fingerprint density at radius 1 is 1.35 bits per heavy atom. The van der Waals surface area contributed by atoms with Gasteiger partial charge in [-0.15, -0.1) is 0 Å². The zero-order valence-electron chi connectivity index (χ0n) is 11.8. The van der Waals surface area contributed by atoms with Crippen molar-refractivity contribution in [1.82, 2.24) is 5.32 Å². The monoisotopic (exact) mass is 240 g/mol. The van der Waals surface area contributed by atoms with Gasteiger partial charge in [0.1, 0.15) is 0 Å². The number of nitrogens with one attached hydrogen (secondary N) is 1. The third-order valence-corrected chi connectivity index (χ3v) is 4.20. The molecule has 1 rings (SSSR count). The number of rotatable bonds is 4. The normalized spacial score (nSPS) is 21.2. The SMILES string of the molecule is CC(CNC(=O)CC1(N)CCCC1)C(C)(C)C. The summed E-state index contributed by atoms with van der Waals surface area (Å²) in [6, 6.07) is 0. The second-order valence-electron chi connectivity index (χ2n) is 6.82. The van der Waals surface area contributed by atoms with Crippen molar-refractivity contribution >= 4 is 5.91 Å². The molecular formula is C14H28N2O. The maximum absolute atomic E-state index is 11.8. The molecule has 0 aromatic rings. The molecule has 1 saturated carbocycles. The van der Waals surface area contributed by atoms with Crippen molar-refractivity contribution in [3.8, 4) is 0 Å². The lowest BCUT2D eigenvalue weighted by Gasteiger charge is -2.28. The van der Waals surface area contributed by atoms with E-state index in [0.29, 0.717) is 12.3 Å². The first-order valence-corrected chi connectivity index (χ1v) is 6.78. The maximum atomic E-state index is 11.8. The van der Waals surface area contributed by atoms with E-state index in [1.807, 2.05) is 0 Å². The molecular weight excluding hydrogens is 212 g/mol. The van der Waals surface area contributed by atoms with E-state index in [1.54, 1.807) is 0 Å². The summed E-state index contributed by atoms with van der Waals surface area (Å²) in [5.74, 6) is 0.592. The maximum Gasteiger partial charge on any atom is 0.221 e. The number of hydrogen-bond acceptors (Lipinski definition) is 2. The van der Waals surface area contributed by atoms with Gasteiger partial charge in [0.2, 0.25) is 5.91 Å². The Hall–Kier alpha value is -0.570. The van der Waals surface area contributed by atoms with Crippen LogP contribution in [0.2, 0.25) is 0 Å². The Labute approximate surface area is 106 Å². The third kappa shape index (κ3) is 4.66. The van der Waals surface area contributed by atoms with E-state index in [9.17, 15) is 4.79 Å². The molecule has 17 heavy (non-hydrogen) atoms. The first-order chi connectivity index (χ1) is 7.73. The average molecular weight is 240 g/mol. The van der Waals surface area contributed by atoms with Crippen LogP contribution in [0, 0.1) is 11.3 Å². The van der Waals surface area contributed by atoms with Crippen molar-refractivity contribution < 1.29 is 4.79 Å². The lowest BCUT2D eigenvalue weighted by Crippen LogP contribution is -2.43. The topological polar surface area (TPSA) is 55.1 Å². The Morgan fingerprint density at radius 2 is 1.88 bits per heavy atom. The van der Waals surface area contributed by atoms with Gasteiger partial charge in [-0.25, -0.2) is 0 Å². The number of hydrogen-bond donors (Lipinski definition) is 2. The van der Waals surface area contributed by atoms with Crippen LogP contribution in [0.4, 0.5) is 0 Å². The number of amides is 1. The van der Waals surface area contributed by atoms with Crippen molar-refractivity contribution in [3.05, 3.63) is 0 Å². The number of carbonyl (C=O) groups excluding carboxylic acids is 1. The third-order valence-electron chi connectivity index (χ3n) is 4.20. The van der Waals surface area contributed by atoms with E-state index in [-0.39, 0.29) is 16.9 Å². The van der Waals surface area contributed by atoms with Crippen LogP contribution in [-0.2, 0) is 4.79 Å². The van der Waals surface area contributed by atoms with Gasteiger partial charge in [0.15, 0.2) is 0 Å². The summed E-state index contributed by atoms with van der Waals surface area (Å²) in [6.07, 6.45) is 4.82. The van der Waals surface area contributed by atoms with E-state index < -0.39 is 0 Å². The van der Waals surface area contributed by atoms with Crippen LogP contribution < -0.4 is 11.1 Å². The number of nitrogens with two attached hydrogens (primary N) is 1. The van der Waals surface area contributed by atoms with Gasteiger partial charge in [0.25, 0.3) is 0 Å². The molecule has 0 heterocycles. The molecule has 0 aliphatic heterocycles. The summed E-state index contributed by atoms with van der Waals surface area (Å²) in [6.45, 7) is 9.52. The van der Waals surface area contributed by atoms with E-state index in [4.69, 9.17) is 5.73 Å². The van der Waals surface area contributed by atoms with Crippen LogP contribution in [0.25, 0.3) is 0 Å². The fourth-order valence-electron chi connectivity index (χ4n) is 2.21. The number of carbonyl (C=O) groups is 1. The molecule has 0 spiro atoms. The second-order valence-corrected chi connectivity index (χ2v) is 6.82. The molecule has 0 aromatic heterocycles. The molecule has 1 amide bonds. The van der Waals surface area contributed by atoms with Gasteiger partial charge >= 0.3 is 0 Å². The second kappa shape index (κ2) is 5.38. The minimum absolute atomic E-state index is 0.116. The quantitative estimate of drug-likeness (QED) is 0.793. The van der Waals surface area contributed by atoms with Crippen molar-refractivity contribution in [2.24, 2.45) is 17.1 Å². The highest BCUT2D eigenvalue weighted by atomic mass is 16.1. The standard InChI is InChI=1S/C14H28N2O/c1-11(13(2,3)4)10-16-12(17)9-14(15)7-5-6-8-14/h11H,5-10,15H2,1-4H3,(H,16,17). The summed E-state index contributed by atoms with van der Waals surface area (Å²) in [5, 5.41) is 3.02. The molecule has 3 N–H and O–H groups in total. The summed E-state index contributed by atoms with van der Waals surface area (Å²) in [5.41, 5.74) is 6.20. The van der Waals surface area contributed by atoms with Crippen LogP contribution >= 0.6 is 0 Å². The molecule has 1 aliphatic rings. The molecule has 3 heteroatoms. The van der Waals surface area contributed by atoms with Crippen LogP contribution in [0.3, 0.4) is 0 Å². The Morgan fingerprint density at radius 3 is 2.35 bits per heavy atom. The highest BCUT2D eigenvalue weighted by Crippen LogP contribution is 2.30. The lowest BCUT2D eigenvalue weighted by molar-refractivity contribution is -0.122. The summed E-state index contributed by atoms with van der Waals surface area (Å²) in [7, 11) is 0. The fraction of sp³-hybridized carbons (Fsp3) is 0.929. The Bertz CT molecular complexity index is 262. The highest BCUT2D eigenvalue weighted by Gasteiger charge is 2.31. The minimum Gasteiger partial charge on any atom is -0.356 e. The fourth-order valence-corrected chi connectivity index (χ4v) is 2.21. The van der Waals surface area contributed by atoms with E-state index >= 15 is 0 Å².